The standard InChI is InChI=1S/C17H15N3O2S/c1-11-4-2-3-5-14(11)13-8-6-12(7-9-13)10-23-16-15(17(21)22)18-20-19-16/h2-9H,10H2,1H3,(H,21,22)(H,18,19,20). The van der Waals surface area contributed by atoms with E-state index < -0.39 is 5.97 Å². The van der Waals surface area contributed by atoms with Gasteiger partial charge in [0, 0.05) is 5.75 Å². The lowest BCUT2D eigenvalue weighted by Crippen LogP contribution is -1.98. The van der Waals surface area contributed by atoms with Crippen molar-refractivity contribution in [2.45, 2.75) is 17.7 Å². The lowest BCUT2D eigenvalue weighted by atomic mass is 10.00. The zero-order chi connectivity index (χ0) is 16.2. The molecule has 0 aliphatic carbocycles. The Labute approximate surface area is 137 Å². The van der Waals surface area contributed by atoms with Crippen molar-refractivity contribution in [1.29, 1.82) is 0 Å². The Morgan fingerprint density at radius 3 is 2.57 bits per heavy atom. The summed E-state index contributed by atoms with van der Waals surface area (Å²) in [5.41, 5.74) is 4.70. The van der Waals surface area contributed by atoms with Crippen molar-refractivity contribution >= 4 is 17.7 Å². The average molecular weight is 325 g/mol. The van der Waals surface area contributed by atoms with Crippen molar-refractivity contribution in [3.63, 3.8) is 0 Å². The van der Waals surface area contributed by atoms with Gasteiger partial charge in [0.15, 0.2) is 5.03 Å². The first-order chi connectivity index (χ1) is 11.1. The van der Waals surface area contributed by atoms with Crippen molar-refractivity contribution < 1.29 is 9.90 Å². The zero-order valence-electron chi connectivity index (χ0n) is 12.5. The van der Waals surface area contributed by atoms with Gasteiger partial charge in [-0.1, -0.05) is 60.3 Å². The molecule has 0 aliphatic heterocycles. The van der Waals surface area contributed by atoms with Gasteiger partial charge in [-0.05, 0) is 29.2 Å². The molecule has 116 valence electrons. The van der Waals surface area contributed by atoms with Crippen LogP contribution >= 0.6 is 11.8 Å². The molecule has 0 fully saturated rings. The highest BCUT2D eigenvalue weighted by Crippen LogP contribution is 2.26. The Bertz CT molecular complexity index is 828. The molecule has 1 aromatic heterocycles. The number of aromatic amines is 1. The Kier molecular flexibility index (Phi) is 4.43. The number of carbonyl (C=O) groups is 1. The van der Waals surface area contributed by atoms with Crippen LogP contribution in [0.3, 0.4) is 0 Å². The molecule has 0 unspecified atom stereocenters. The summed E-state index contributed by atoms with van der Waals surface area (Å²) in [5, 5.41) is 19.3. The Hall–Kier alpha value is -2.60. The van der Waals surface area contributed by atoms with Crippen LogP contribution in [0, 0.1) is 6.92 Å². The molecule has 0 saturated carbocycles. The maximum absolute atomic E-state index is 11.0. The van der Waals surface area contributed by atoms with Gasteiger partial charge in [-0.25, -0.2) is 4.79 Å². The molecule has 23 heavy (non-hydrogen) atoms. The maximum atomic E-state index is 11.0. The summed E-state index contributed by atoms with van der Waals surface area (Å²) in [6.07, 6.45) is 0. The van der Waals surface area contributed by atoms with Gasteiger partial charge in [0.2, 0.25) is 5.69 Å². The molecule has 2 N–H and O–H groups in total. The lowest BCUT2D eigenvalue weighted by Gasteiger charge is -2.07. The van der Waals surface area contributed by atoms with Crippen LogP contribution in [-0.4, -0.2) is 26.5 Å². The average Bonchev–Trinajstić information content (AvgIpc) is 3.03. The van der Waals surface area contributed by atoms with Gasteiger partial charge in [0.05, 0.1) is 0 Å². The Balaban J connectivity index is 1.72. The normalized spacial score (nSPS) is 10.7. The Morgan fingerprint density at radius 2 is 1.87 bits per heavy atom. The predicted molar refractivity (Wildman–Crippen MR) is 89.5 cm³/mol. The molecule has 0 atom stereocenters. The van der Waals surface area contributed by atoms with Crippen LogP contribution in [0.1, 0.15) is 21.6 Å². The molecule has 0 saturated heterocycles. The molecule has 0 radical (unpaired) electrons. The van der Waals surface area contributed by atoms with E-state index in [9.17, 15) is 4.79 Å². The minimum Gasteiger partial charge on any atom is -0.476 e. The number of aromatic nitrogens is 3. The second kappa shape index (κ2) is 6.66. The van der Waals surface area contributed by atoms with Crippen LogP contribution in [0.4, 0.5) is 0 Å². The highest BCUT2D eigenvalue weighted by Gasteiger charge is 2.15. The summed E-state index contributed by atoms with van der Waals surface area (Å²) >= 11 is 1.35. The highest BCUT2D eigenvalue weighted by molar-refractivity contribution is 7.98. The highest BCUT2D eigenvalue weighted by atomic mass is 32.2. The quantitative estimate of drug-likeness (QED) is 0.698. The molecule has 0 aliphatic rings. The minimum atomic E-state index is -1.07. The SMILES string of the molecule is Cc1ccccc1-c1ccc(CSc2n[nH]nc2C(=O)O)cc1. The second-order valence-corrected chi connectivity index (χ2v) is 6.05. The first kappa shape index (κ1) is 15.3. The number of hydrogen-bond donors (Lipinski definition) is 2. The van der Waals surface area contributed by atoms with E-state index in [0.29, 0.717) is 10.8 Å². The van der Waals surface area contributed by atoms with Crippen LogP contribution in [-0.2, 0) is 5.75 Å². The topological polar surface area (TPSA) is 78.9 Å². The number of nitrogens with zero attached hydrogens (tertiary/aromatic N) is 2. The van der Waals surface area contributed by atoms with E-state index in [0.717, 1.165) is 5.56 Å². The van der Waals surface area contributed by atoms with Crippen molar-refractivity contribution in [3.05, 3.63) is 65.4 Å². The Morgan fingerprint density at radius 1 is 1.13 bits per heavy atom. The molecule has 3 rings (SSSR count). The van der Waals surface area contributed by atoms with Gasteiger partial charge in [-0.15, -0.1) is 10.2 Å². The molecule has 0 bridgehead atoms. The monoisotopic (exact) mass is 325 g/mol. The van der Waals surface area contributed by atoms with E-state index in [4.69, 9.17) is 5.11 Å². The van der Waals surface area contributed by atoms with Crippen LogP contribution in [0.25, 0.3) is 11.1 Å². The fourth-order valence-corrected chi connectivity index (χ4v) is 3.16. The van der Waals surface area contributed by atoms with Crippen LogP contribution in [0.15, 0.2) is 53.6 Å². The van der Waals surface area contributed by atoms with Crippen molar-refractivity contribution in [3.8, 4) is 11.1 Å². The number of thioether (sulfide) groups is 1. The van der Waals surface area contributed by atoms with Crippen LogP contribution in [0.5, 0.6) is 0 Å². The van der Waals surface area contributed by atoms with E-state index >= 15 is 0 Å². The molecule has 2 aromatic carbocycles. The number of rotatable bonds is 5. The molecule has 5 nitrogen and oxygen atoms in total. The third kappa shape index (κ3) is 3.43. The smallest absolute Gasteiger partial charge is 0.359 e. The van der Waals surface area contributed by atoms with Gasteiger partial charge in [-0.3, -0.25) is 0 Å². The first-order valence-corrected chi connectivity index (χ1v) is 8.05. The number of hydrogen-bond acceptors (Lipinski definition) is 4. The zero-order valence-corrected chi connectivity index (χ0v) is 13.3. The van der Waals surface area contributed by atoms with E-state index in [2.05, 4.69) is 58.7 Å². The number of aryl methyl sites for hydroxylation is 1. The van der Waals surface area contributed by atoms with Gasteiger partial charge in [-0.2, -0.15) is 5.21 Å². The summed E-state index contributed by atoms with van der Waals surface area (Å²) in [4.78, 5) is 11.0. The van der Waals surface area contributed by atoms with E-state index in [1.807, 2.05) is 12.1 Å². The van der Waals surface area contributed by atoms with Crippen molar-refractivity contribution in [2.75, 3.05) is 0 Å². The van der Waals surface area contributed by atoms with Gasteiger partial charge in [0.1, 0.15) is 0 Å². The number of carboxylic acid groups (broad SMARTS) is 1. The summed E-state index contributed by atoms with van der Waals surface area (Å²) in [5.74, 6) is -0.433. The molecule has 0 amide bonds. The summed E-state index contributed by atoms with van der Waals surface area (Å²) < 4.78 is 0. The predicted octanol–water partition coefficient (Wildman–Crippen LogP) is 3.77. The van der Waals surface area contributed by atoms with E-state index in [-0.39, 0.29) is 5.69 Å². The third-order valence-electron chi connectivity index (χ3n) is 3.50. The number of carboxylic acids is 1. The minimum absolute atomic E-state index is 0.0356. The van der Waals surface area contributed by atoms with Gasteiger partial charge >= 0.3 is 5.97 Å². The summed E-state index contributed by atoms with van der Waals surface area (Å²) in [6.45, 7) is 2.09. The third-order valence-corrected chi connectivity index (χ3v) is 4.54. The number of aromatic carboxylic acids is 1. The number of nitrogens with one attached hydrogen (secondary N) is 1. The van der Waals surface area contributed by atoms with Gasteiger partial charge in [0.25, 0.3) is 0 Å². The van der Waals surface area contributed by atoms with Crippen molar-refractivity contribution in [2.24, 2.45) is 0 Å². The van der Waals surface area contributed by atoms with Gasteiger partial charge < -0.3 is 5.11 Å². The summed E-state index contributed by atoms with van der Waals surface area (Å²) in [7, 11) is 0. The molecule has 0 spiro atoms. The van der Waals surface area contributed by atoms with Crippen molar-refractivity contribution in [1.82, 2.24) is 15.4 Å². The lowest BCUT2D eigenvalue weighted by molar-refractivity contribution is 0.0686. The second-order valence-electron chi connectivity index (χ2n) is 5.08. The molecule has 6 heteroatoms. The first-order valence-electron chi connectivity index (χ1n) is 7.07. The fourth-order valence-electron chi connectivity index (χ4n) is 2.29. The summed E-state index contributed by atoms with van der Waals surface area (Å²) in [6, 6.07) is 16.5. The maximum Gasteiger partial charge on any atom is 0.359 e. The fraction of sp³-hybridized carbons (Fsp3) is 0.118. The molecular weight excluding hydrogens is 310 g/mol. The largest absolute Gasteiger partial charge is 0.476 e. The number of benzene rings is 2. The molecular formula is C17H15N3O2S. The molecule has 3 aromatic rings. The number of H-pyrrole nitrogens is 1. The van der Waals surface area contributed by atoms with E-state index in [1.165, 1.54) is 28.5 Å². The molecule has 1 heterocycles. The van der Waals surface area contributed by atoms with Crippen LogP contribution in [0.2, 0.25) is 0 Å². The van der Waals surface area contributed by atoms with Crippen LogP contribution < -0.4 is 0 Å². The van der Waals surface area contributed by atoms with E-state index in [1.54, 1.807) is 0 Å².